The van der Waals surface area contributed by atoms with E-state index in [4.69, 9.17) is 0 Å². The Morgan fingerprint density at radius 1 is 1.50 bits per heavy atom. The largest absolute Gasteiger partial charge is 0.326 e. The standard InChI is InChI=1S/C12H9FN4O2S/c13-6-1-2-7-8(4-10(18)15-9(7)3-6)11(19)16-12-17-14-5-20-12/h1-3,5,8H,4H2,(H,15,18)(H,16,17,19)/t8-/m0/s1. The zero-order valence-corrected chi connectivity index (χ0v) is 10.9. The zero-order valence-electron chi connectivity index (χ0n) is 10.1. The molecule has 2 N–H and O–H groups in total. The van der Waals surface area contributed by atoms with Crippen LogP contribution in [0.2, 0.25) is 0 Å². The number of hydrogen-bond acceptors (Lipinski definition) is 5. The average molecular weight is 292 g/mol. The number of carbonyl (C=O) groups is 2. The van der Waals surface area contributed by atoms with Gasteiger partial charge in [0.05, 0.1) is 5.92 Å². The number of benzene rings is 1. The van der Waals surface area contributed by atoms with Crippen LogP contribution in [0.4, 0.5) is 15.2 Å². The third-order valence-electron chi connectivity index (χ3n) is 2.96. The number of nitrogens with one attached hydrogen (secondary N) is 2. The maximum atomic E-state index is 13.2. The maximum Gasteiger partial charge on any atom is 0.234 e. The molecule has 8 heteroatoms. The number of carbonyl (C=O) groups excluding carboxylic acids is 2. The Morgan fingerprint density at radius 3 is 3.10 bits per heavy atom. The van der Waals surface area contributed by atoms with E-state index in [9.17, 15) is 14.0 Å². The molecule has 2 amide bonds. The Balaban J connectivity index is 1.90. The highest BCUT2D eigenvalue weighted by molar-refractivity contribution is 7.13. The molecule has 0 unspecified atom stereocenters. The van der Waals surface area contributed by atoms with Gasteiger partial charge < -0.3 is 5.32 Å². The van der Waals surface area contributed by atoms with Gasteiger partial charge in [0.25, 0.3) is 0 Å². The van der Waals surface area contributed by atoms with Crippen molar-refractivity contribution in [2.75, 3.05) is 10.6 Å². The van der Waals surface area contributed by atoms with Crippen molar-refractivity contribution in [1.82, 2.24) is 10.2 Å². The van der Waals surface area contributed by atoms with Crippen LogP contribution in [-0.2, 0) is 9.59 Å². The van der Waals surface area contributed by atoms with Crippen LogP contribution < -0.4 is 10.6 Å². The number of halogens is 1. The first-order chi connectivity index (χ1) is 9.63. The quantitative estimate of drug-likeness (QED) is 0.883. The number of hydrogen-bond donors (Lipinski definition) is 2. The summed E-state index contributed by atoms with van der Waals surface area (Å²) in [7, 11) is 0. The van der Waals surface area contributed by atoms with E-state index in [0.717, 1.165) is 0 Å². The van der Waals surface area contributed by atoms with E-state index in [1.807, 2.05) is 0 Å². The lowest BCUT2D eigenvalue weighted by molar-refractivity contribution is -0.123. The number of anilines is 2. The average Bonchev–Trinajstić information content (AvgIpc) is 2.90. The van der Waals surface area contributed by atoms with Crippen LogP contribution in [0.3, 0.4) is 0 Å². The lowest BCUT2D eigenvalue weighted by Gasteiger charge is -2.24. The Morgan fingerprint density at radius 2 is 2.35 bits per heavy atom. The number of aromatic nitrogens is 2. The maximum absolute atomic E-state index is 13.2. The van der Waals surface area contributed by atoms with Crippen molar-refractivity contribution in [3.05, 3.63) is 35.1 Å². The number of rotatable bonds is 2. The molecule has 2 heterocycles. The predicted octanol–water partition coefficient (Wildman–Crippen LogP) is 1.74. The molecule has 0 radical (unpaired) electrons. The molecular formula is C12H9FN4O2S. The molecule has 0 bridgehead atoms. The van der Waals surface area contributed by atoms with Crippen molar-refractivity contribution < 1.29 is 14.0 Å². The van der Waals surface area contributed by atoms with E-state index in [-0.39, 0.29) is 18.2 Å². The molecule has 0 fully saturated rings. The van der Waals surface area contributed by atoms with E-state index in [0.29, 0.717) is 16.4 Å². The molecule has 1 aliphatic heterocycles. The smallest absolute Gasteiger partial charge is 0.234 e. The lowest BCUT2D eigenvalue weighted by Crippen LogP contribution is -2.30. The molecule has 2 aromatic rings. The minimum absolute atomic E-state index is 0.0171. The molecule has 6 nitrogen and oxygen atoms in total. The van der Waals surface area contributed by atoms with Crippen LogP contribution in [0, 0.1) is 5.82 Å². The summed E-state index contributed by atoms with van der Waals surface area (Å²) in [5, 5.41) is 12.9. The van der Waals surface area contributed by atoms with Crippen molar-refractivity contribution in [1.29, 1.82) is 0 Å². The Kier molecular flexibility index (Phi) is 3.15. The third-order valence-corrected chi connectivity index (χ3v) is 3.57. The fourth-order valence-corrected chi connectivity index (χ4v) is 2.54. The fourth-order valence-electron chi connectivity index (χ4n) is 2.09. The minimum Gasteiger partial charge on any atom is -0.326 e. The lowest BCUT2D eigenvalue weighted by atomic mass is 9.90. The van der Waals surface area contributed by atoms with Gasteiger partial charge in [0.2, 0.25) is 16.9 Å². The molecule has 0 saturated heterocycles. The van der Waals surface area contributed by atoms with Crippen LogP contribution in [0.25, 0.3) is 0 Å². The van der Waals surface area contributed by atoms with Gasteiger partial charge in [0.1, 0.15) is 11.3 Å². The first-order valence-electron chi connectivity index (χ1n) is 5.80. The van der Waals surface area contributed by atoms with E-state index >= 15 is 0 Å². The highest BCUT2D eigenvalue weighted by atomic mass is 32.1. The molecule has 1 aromatic carbocycles. The van der Waals surface area contributed by atoms with Crippen LogP contribution in [0.5, 0.6) is 0 Å². The van der Waals surface area contributed by atoms with E-state index in [1.165, 1.54) is 35.0 Å². The van der Waals surface area contributed by atoms with Crippen LogP contribution in [0.15, 0.2) is 23.7 Å². The number of nitrogens with zero attached hydrogens (tertiary/aromatic N) is 2. The van der Waals surface area contributed by atoms with Gasteiger partial charge in [-0.1, -0.05) is 17.4 Å². The SMILES string of the molecule is O=C1C[C@H](C(=O)Nc2nncs2)c2ccc(F)cc2N1. The summed E-state index contributed by atoms with van der Waals surface area (Å²) >= 11 is 1.19. The molecule has 20 heavy (non-hydrogen) atoms. The molecular weight excluding hydrogens is 283 g/mol. The Labute approximate surface area is 117 Å². The number of fused-ring (bicyclic) bond motifs is 1. The molecule has 102 valence electrons. The second kappa shape index (κ2) is 4.97. The molecule has 0 saturated carbocycles. The summed E-state index contributed by atoms with van der Waals surface area (Å²) in [5.74, 6) is -1.80. The van der Waals surface area contributed by atoms with Gasteiger partial charge in [-0.3, -0.25) is 14.9 Å². The van der Waals surface area contributed by atoms with Gasteiger partial charge >= 0.3 is 0 Å². The summed E-state index contributed by atoms with van der Waals surface area (Å²) in [5.41, 5.74) is 2.42. The minimum atomic E-state index is -0.664. The summed E-state index contributed by atoms with van der Waals surface area (Å²) in [6.45, 7) is 0. The highest BCUT2D eigenvalue weighted by Gasteiger charge is 2.31. The third kappa shape index (κ3) is 2.37. The summed E-state index contributed by atoms with van der Waals surface area (Å²) in [4.78, 5) is 23.8. The van der Waals surface area contributed by atoms with Gasteiger partial charge in [0, 0.05) is 12.1 Å². The molecule has 0 aliphatic carbocycles. The van der Waals surface area contributed by atoms with Crippen molar-refractivity contribution in [3.8, 4) is 0 Å². The summed E-state index contributed by atoms with van der Waals surface area (Å²) in [6.07, 6.45) is 0.0171. The summed E-state index contributed by atoms with van der Waals surface area (Å²) in [6, 6.07) is 3.98. The molecule has 3 rings (SSSR count). The van der Waals surface area contributed by atoms with Crippen LogP contribution in [-0.4, -0.2) is 22.0 Å². The van der Waals surface area contributed by atoms with Gasteiger partial charge in [-0.05, 0) is 17.7 Å². The van der Waals surface area contributed by atoms with E-state index in [2.05, 4.69) is 20.8 Å². The first kappa shape index (κ1) is 12.7. The van der Waals surface area contributed by atoms with Crippen molar-refractivity contribution in [3.63, 3.8) is 0 Å². The second-order valence-electron chi connectivity index (χ2n) is 4.27. The normalized spacial score (nSPS) is 17.2. The van der Waals surface area contributed by atoms with Crippen molar-refractivity contribution >= 4 is 34.0 Å². The van der Waals surface area contributed by atoms with Crippen LogP contribution >= 0.6 is 11.3 Å². The van der Waals surface area contributed by atoms with E-state index < -0.39 is 11.7 Å². The van der Waals surface area contributed by atoms with Crippen molar-refractivity contribution in [2.24, 2.45) is 0 Å². The Bertz CT molecular complexity index is 674. The van der Waals surface area contributed by atoms with Gasteiger partial charge in [0.15, 0.2) is 0 Å². The van der Waals surface area contributed by atoms with Gasteiger partial charge in [-0.2, -0.15) is 0 Å². The van der Waals surface area contributed by atoms with Crippen LogP contribution in [0.1, 0.15) is 17.9 Å². The van der Waals surface area contributed by atoms with E-state index in [1.54, 1.807) is 0 Å². The molecule has 1 aliphatic rings. The monoisotopic (exact) mass is 292 g/mol. The van der Waals surface area contributed by atoms with Crippen molar-refractivity contribution in [2.45, 2.75) is 12.3 Å². The fraction of sp³-hybridized carbons (Fsp3) is 0.167. The number of amides is 2. The zero-order chi connectivity index (χ0) is 14.1. The van der Waals surface area contributed by atoms with Gasteiger partial charge in [-0.25, -0.2) is 4.39 Å². The van der Waals surface area contributed by atoms with Gasteiger partial charge in [-0.15, -0.1) is 10.2 Å². The first-order valence-corrected chi connectivity index (χ1v) is 6.68. The molecule has 0 spiro atoms. The highest BCUT2D eigenvalue weighted by Crippen LogP contribution is 2.33. The topological polar surface area (TPSA) is 84.0 Å². The molecule has 1 aromatic heterocycles. The second-order valence-corrected chi connectivity index (χ2v) is 5.10. The summed E-state index contributed by atoms with van der Waals surface area (Å²) < 4.78 is 13.2. The Hall–Kier alpha value is -2.35. The molecule has 1 atom stereocenters. The predicted molar refractivity (Wildman–Crippen MR) is 70.9 cm³/mol.